The summed E-state index contributed by atoms with van der Waals surface area (Å²) in [5.41, 5.74) is 8.75. The molecule has 1 fully saturated rings. The summed E-state index contributed by atoms with van der Waals surface area (Å²) >= 11 is 0. The second kappa shape index (κ2) is 5.40. The zero-order chi connectivity index (χ0) is 13.1. The highest BCUT2D eigenvalue weighted by Gasteiger charge is 2.16. The molecular formula is C14H21N3O. The number of anilines is 1. The Labute approximate surface area is 108 Å². The van der Waals surface area contributed by atoms with E-state index in [1.807, 2.05) is 6.07 Å². The van der Waals surface area contributed by atoms with Gasteiger partial charge in [-0.2, -0.15) is 0 Å². The molecule has 1 aliphatic heterocycles. The van der Waals surface area contributed by atoms with E-state index < -0.39 is 0 Å². The van der Waals surface area contributed by atoms with Gasteiger partial charge in [-0.15, -0.1) is 0 Å². The fourth-order valence-electron chi connectivity index (χ4n) is 2.35. The van der Waals surface area contributed by atoms with Gasteiger partial charge in [0.25, 0.3) is 0 Å². The van der Waals surface area contributed by atoms with Crippen LogP contribution in [-0.2, 0) is 11.2 Å². The lowest BCUT2D eigenvalue weighted by atomic mass is 10.1. The number of amides is 1. The minimum atomic E-state index is -0.275. The molecule has 0 spiro atoms. The topological polar surface area (TPSA) is 49.6 Å². The molecule has 0 bridgehead atoms. The van der Waals surface area contributed by atoms with Gasteiger partial charge >= 0.3 is 0 Å². The molecule has 2 rings (SSSR count). The van der Waals surface area contributed by atoms with Gasteiger partial charge in [-0.3, -0.25) is 4.79 Å². The van der Waals surface area contributed by atoms with Crippen LogP contribution in [0, 0.1) is 6.92 Å². The molecule has 1 aromatic rings. The first-order chi connectivity index (χ1) is 8.56. The van der Waals surface area contributed by atoms with Crippen LogP contribution >= 0.6 is 0 Å². The molecule has 18 heavy (non-hydrogen) atoms. The molecule has 0 aromatic heterocycles. The number of hydrogen-bond donors (Lipinski definition) is 1. The van der Waals surface area contributed by atoms with Crippen molar-refractivity contribution in [1.29, 1.82) is 0 Å². The Bertz CT molecular complexity index is 437. The number of nitrogens with two attached hydrogens (primary N) is 1. The first kappa shape index (κ1) is 12.9. The predicted molar refractivity (Wildman–Crippen MR) is 73.8 cm³/mol. The van der Waals surface area contributed by atoms with Crippen LogP contribution in [0.4, 0.5) is 5.69 Å². The predicted octanol–water partition coefficient (Wildman–Crippen LogP) is 0.775. The number of carbonyl (C=O) groups excluding carboxylic acids is 1. The van der Waals surface area contributed by atoms with Crippen molar-refractivity contribution >= 4 is 11.6 Å². The van der Waals surface area contributed by atoms with Gasteiger partial charge in [-0.05, 0) is 31.2 Å². The highest BCUT2D eigenvalue weighted by molar-refractivity contribution is 5.77. The molecule has 0 radical (unpaired) electrons. The zero-order valence-electron chi connectivity index (χ0n) is 11.1. The maximum atomic E-state index is 11.0. The van der Waals surface area contributed by atoms with Crippen LogP contribution < -0.4 is 10.6 Å². The van der Waals surface area contributed by atoms with Crippen molar-refractivity contribution in [2.75, 3.05) is 38.1 Å². The van der Waals surface area contributed by atoms with Crippen LogP contribution in [0.2, 0.25) is 0 Å². The quantitative estimate of drug-likeness (QED) is 0.858. The lowest BCUT2D eigenvalue weighted by molar-refractivity contribution is -0.117. The molecule has 1 saturated heterocycles. The van der Waals surface area contributed by atoms with E-state index >= 15 is 0 Å². The Hall–Kier alpha value is -1.55. The number of aryl methyl sites for hydroxylation is 1. The minimum Gasteiger partial charge on any atom is -0.369 e. The van der Waals surface area contributed by atoms with Crippen molar-refractivity contribution in [1.82, 2.24) is 4.90 Å². The van der Waals surface area contributed by atoms with Crippen LogP contribution in [-0.4, -0.2) is 44.0 Å². The van der Waals surface area contributed by atoms with Crippen molar-refractivity contribution in [2.24, 2.45) is 5.73 Å². The summed E-state index contributed by atoms with van der Waals surface area (Å²) in [6, 6.07) is 6.16. The SMILES string of the molecule is Cc1ccc(CC(N)=O)cc1N1CCN(C)CC1. The number of carbonyl (C=O) groups is 1. The van der Waals surface area contributed by atoms with Crippen LogP contribution in [0.1, 0.15) is 11.1 Å². The van der Waals surface area contributed by atoms with Crippen LogP contribution in [0.3, 0.4) is 0 Å². The van der Waals surface area contributed by atoms with Gasteiger partial charge in [0.1, 0.15) is 0 Å². The minimum absolute atomic E-state index is 0.275. The van der Waals surface area contributed by atoms with Gasteiger partial charge in [-0.25, -0.2) is 0 Å². The molecule has 1 aromatic carbocycles. The maximum absolute atomic E-state index is 11.0. The van der Waals surface area contributed by atoms with Crippen LogP contribution in [0.25, 0.3) is 0 Å². The Morgan fingerprint density at radius 3 is 2.56 bits per heavy atom. The third kappa shape index (κ3) is 3.01. The van der Waals surface area contributed by atoms with Crippen molar-refractivity contribution in [3.8, 4) is 0 Å². The van der Waals surface area contributed by atoms with Gasteiger partial charge in [0.05, 0.1) is 6.42 Å². The van der Waals surface area contributed by atoms with E-state index in [1.165, 1.54) is 11.3 Å². The van der Waals surface area contributed by atoms with Crippen LogP contribution in [0.15, 0.2) is 18.2 Å². The molecule has 1 heterocycles. The van der Waals surface area contributed by atoms with E-state index in [2.05, 4.69) is 35.9 Å². The lowest BCUT2D eigenvalue weighted by Crippen LogP contribution is -2.44. The first-order valence-corrected chi connectivity index (χ1v) is 6.37. The molecule has 0 aliphatic carbocycles. The number of piperazine rings is 1. The standard InChI is InChI=1S/C14H21N3O/c1-11-3-4-12(10-14(15)18)9-13(11)17-7-5-16(2)6-8-17/h3-4,9H,5-8,10H2,1-2H3,(H2,15,18). The molecule has 1 aliphatic rings. The Balaban J connectivity index is 2.18. The highest BCUT2D eigenvalue weighted by Crippen LogP contribution is 2.23. The molecule has 0 unspecified atom stereocenters. The fourth-order valence-corrected chi connectivity index (χ4v) is 2.35. The van der Waals surface area contributed by atoms with Crippen molar-refractivity contribution in [2.45, 2.75) is 13.3 Å². The monoisotopic (exact) mass is 247 g/mol. The Morgan fingerprint density at radius 2 is 1.94 bits per heavy atom. The maximum Gasteiger partial charge on any atom is 0.221 e. The van der Waals surface area contributed by atoms with Crippen molar-refractivity contribution in [3.63, 3.8) is 0 Å². The number of benzene rings is 1. The van der Waals surface area contributed by atoms with Crippen molar-refractivity contribution in [3.05, 3.63) is 29.3 Å². The molecule has 4 heteroatoms. The third-order valence-corrected chi connectivity index (χ3v) is 3.50. The Kier molecular flexibility index (Phi) is 3.87. The summed E-state index contributed by atoms with van der Waals surface area (Å²) in [7, 11) is 2.15. The average Bonchev–Trinajstić information content (AvgIpc) is 2.32. The normalized spacial score (nSPS) is 16.9. The summed E-state index contributed by atoms with van der Waals surface area (Å²) < 4.78 is 0. The van der Waals surface area contributed by atoms with E-state index in [-0.39, 0.29) is 5.91 Å². The number of likely N-dealkylation sites (N-methyl/N-ethyl adjacent to an activating group) is 1. The zero-order valence-corrected chi connectivity index (χ0v) is 11.1. The van der Waals surface area contributed by atoms with E-state index in [1.54, 1.807) is 0 Å². The largest absolute Gasteiger partial charge is 0.369 e. The number of hydrogen-bond acceptors (Lipinski definition) is 3. The molecule has 4 nitrogen and oxygen atoms in total. The first-order valence-electron chi connectivity index (χ1n) is 6.37. The fraction of sp³-hybridized carbons (Fsp3) is 0.500. The molecule has 0 saturated carbocycles. The summed E-state index contributed by atoms with van der Waals surface area (Å²) in [6.45, 7) is 6.36. The van der Waals surface area contributed by atoms with E-state index in [0.717, 1.165) is 31.7 Å². The third-order valence-electron chi connectivity index (χ3n) is 3.50. The second-order valence-electron chi connectivity index (χ2n) is 5.05. The summed E-state index contributed by atoms with van der Waals surface area (Å²) in [5, 5.41) is 0. The number of nitrogens with zero attached hydrogens (tertiary/aromatic N) is 2. The van der Waals surface area contributed by atoms with Gasteiger partial charge in [0.2, 0.25) is 5.91 Å². The summed E-state index contributed by atoms with van der Waals surface area (Å²) in [5.74, 6) is -0.275. The molecule has 0 atom stereocenters. The van der Waals surface area contributed by atoms with E-state index in [0.29, 0.717) is 6.42 Å². The van der Waals surface area contributed by atoms with Crippen LogP contribution in [0.5, 0.6) is 0 Å². The molecule has 1 amide bonds. The average molecular weight is 247 g/mol. The smallest absolute Gasteiger partial charge is 0.221 e. The van der Waals surface area contributed by atoms with E-state index in [9.17, 15) is 4.79 Å². The van der Waals surface area contributed by atoms with Gasteiger partial charge in [-0.1, -0.05) is 12.1 Å². The van der Waals surface area contributed by atoms with E-state index in [4.69, 9.17) is 5.73 Å². The molecular weight excluding hydrogens is 226 g/mol. The van der Waals surface area contributed by atoms with Gasteiger partial charge in [0, 0.05) is 31.9 Å². The van der Waals surface area contributed by atoms with Gasteiger partial charge in [0.15, 0.2) is 0 Å². The van der Waals surface area contributed by atoms with Gasteiger partial charge < -0.3 is 15.5 Å². The number of primary amides is 1. The highest BCUT2D eigenvalue weighted by atomic mass is 16.1. The van der Waals surface area contributed by atoms with Crippen molar-refractivity contribution < 1.29 is 4.79 Å². The number of rotatable bonds is 3. The second-order valence-corrected chi connectivity index (χ2v) is 5.05. The molecule has 98 valence electrons. The summed E-state index contributed by atoms with van der Waals surface area (Å²) in [4.78, 5) is 15.7. The molecule has 2 N–H and O–H groups in total. The lowest BCUT2D eigenvalue weighted by Gasteiger charge is -2.35. The summed E-state index contributed by atoms with van der Waals surface area (Å²) in [6.07, 6.45) is 0.320. The Morgan fingerprint density at radius 1 is 1.28 bits per heavy atom.